The molecule has 0 fully saturated rings. The highest BCUT2D eigenvalue weighted by Gasteiger charge is 2.21. The number of ether oxygens (including phenoxy) is 9. The number of H-pyrrole nitrogens is 2. The van der Waals surface area contributed by atoms with E-state index >= 15 is 0 Å². The number of aromatic hydroxyl groups is 1. The average molecular weight is 1150 g/mol. The number of aromatic amines is 2. The largest absolute Gasteiger partial charge is 0.507 e. The minimum absolute atomic E-state index is 0.0853. The first-order valence-corrected chi connectivity index (χ1v) is 28.5. The number of para-hydroxylation sites is 2. The van der Waals surface area contributed by atoms with Gasteiger partial charge in [0.15, 0.2) is 0 Å². The van der Waals surface area contributed by atoms with Crippen molar-refractivity contribution in [2.45, 2.75) is 85.7 Å². The van der Waals surface area contributed by atoms with Gasteiger partial charge < -0.3 is 47.7 Å². The van der Waals surface area contributed by atoms with E-state index in [9.17, 15) is 14.7 Å². The van der Waals surface area contributed by atoms with Crippen molar-refractivity contribution in [1.82, 2.24) is 30.8 Å². The number of benzene rings is 7. The Balaban J connectivity index is 0.000000224. The number of nitrogens with one attached hydrogen (secondary N) is 2. The summed E-state index contributed by atoms with van der Waals surface area (Å²) in [4.78, 5) is 24.5. The lowest BCUT2D eigenvalue weighted by molar-refractivity contribution is 0.0588. The number of aryl methyl sites for hydroxylation is 2. The van der Waals surface area contributed by atoms with Gasteiger partial charge in [0.25, 0.3) is 0 Å². The zero-order valence-corrected chi connectivity index (χ0v) is 48.9. The standard InChI is InChI=1S/C37H39N3O6.C30H33N3O6/c1-4-13-28-32(18-11-19-33(28)46-34-17-10-9-16-29(34)37(41)42-3)43-20-12-21-44-35-23-36(45-25-26-14-7-6-8-15-26)30(22-27(35)5-2)31-24-38-40-39-31;1-4-10-21-26(13-8-14-27(21)39-28-12-7-6-11-22(28)30(35)36-3)37-15-9-16-38-29-18-25(34)23(17-20(29)5-2)24-19-31-33-32-24/h6-11,14-19,22-24H,4-5,12-13,20-21,25H2,1-3H3,(H,38,39,40);6-8,11-14,17-19,34H,4-5,9-10,15-16H2,1-3H3,(H,31,32,33). The fourth-order valence-electron chi connectivity index (χ4n) is 9.26. The van der Waals surface area contributed by atoms with Gasteiger partial charge in [-0.15, -0.1) is 0 Å². The van der Waals surface area contributed by atoms with Gasteiger partial charge in [-0.3, -0.25) is 0 Å². The van der Waals surface area contributed by atoms with E-state index in [-0.39, 0.29) is 5.75 Å². The molecule has 9 aromatic rings. The van der Waals surface area contributed by atoms with Crippen LogP contribution in [0.5, 0.6) is 57.5 Å². The molecule has 0 aliphatic carbocycles. The highest BCUT2D eigenvalue weighted by molar-refractivity contribution is 5.93. The molecule has 0 bridgehead atoms. The molecule has 2 aromatic heterocycles. The van der Waals surface area contributed by atoms with Crippen LogP contribution in [0.2, 0.25) is 0 Å². The SMILES string of the molecule is CCCc1c(OCCCOc2cc(O)c(-c3cn[nH]n3)cc2CC)cccc1Oc1ccccc1C(=O)OC.CCCc1c(OCCCOc2cc(OCc3ccccc3)c(-c3cn[nH]n3)cc2CC)cccc1Oc1ccccc1C(=O)OC. The third-order valence-corrected chi connectivity index (χ3v) is 13.5. The normalized spacial score (nSPS) is 10.8. The molecule has 0 unspecified atom stereocenters. The maximum absolute atomic E-state index is 12.3. The second-order valence-electron chi connectivity index (χ2n) is 19.4. The summed E-state index contributed by atoms with van der Waals surface area (Å²) in [6.45, 7) is 10.5. The Hall–Kier alpha value is -9.84. The first-order valence-electron chi connectivity index (χ1n) is 28.5. The number of esters is 2. The third kappa shape index (κ3) is 16.5. The van der Waals surface area contributed by atoms with Crippen LogP contribution in [0.15, 0.2) is 152 Å². The van der Waals surface area contributed by atoms with Gasteiger partial charge in [0.05, 0.1) is 53.0 Å². The van der Waals surface area contributed by atoms with Gasteiger partial charge in [-0.1, -0.05) is 107 Å². The quantitative estimate of drug-likeness (QED) is 0.0293. The molecule has 0 aliphatic rings. The van der Waals surface area contributed by atoms with Gasteiger partial charge in [-0.05, 0) is 103 Å². The van der Waals surface area contributed by atoms with Gasteiger partial charge in [-0.25, -0.2) is 9.59 Å². The van der Waals surface area contributed by atoms with Crippen LogP contribution in [0.3, 0.4) is 0 Å². The molecule has 18 nitrogen and oxygen atoms in total. The Morgan fingerprint density at radius 3 is 1.36 bits per heavy atom. The first-order chi connectivity index (χ1) is 41.7. The van der Waals surface area contributed by atoms with E-state index in [0.29, 0.717) is 108 Å². The van der Waals surface area contributed by atoms with Crippen molar-refractivity contribution < 1.29 is 57.3 Å². The zero-order chi connectivity index (χ0) is 59.8. The summed E-state index contributed by atoms with van der Waals surface area (Å²) in [5.74, 6) is 4.88. The number of rotatable bonds is 29. The Morgan fingerprint density at radius 1 is 0.459 bits per heavy atom. The number of phenols is 1. The van der Waals surface area contributed by atoms with Crippen LogP contribution in [-0.4, -0.2) is 88.5 Å². The molecule has 0 aliphatic heterocycles. The molecule has 3 N–H and O–H groups in total. The summed E-state index contributed by atoms with van der Waals surface area (Å²) in [6.07, 6.45) is 9.37. The molecule has 7 aromatic carbocycles. The molecule has 0 spiro atoms. The van der Waals surface area contributed by atoms with Crippen molar-refractivity contribution in [1.29, 1.82) is 0 Å². The number of carbonyl (C=O) groups is 2. The second kappa shape index (κ2) is 31.6. The molecular formula is C67H72N6O12. The minimum Gasteiger partial charge on any atom is -0.507 e. The predicted octanol–water partition coefficient (Wildman–Crippen LogP) is 14.1. The van der Waals surface area contributed by atoms with Crippen molar-refractivity contribution in [3.63, 3.8) is 0 Å². The molecule has 0 saturated heterocycles. The highest BCUT2D eigenvalue weighted by atomic mass is 16.5. The van der Waals surface area contributed by atoms with E-state index in [2.05, 4.69) is 57.7 Å². The van der Waals surface area contributed by atoms with Crippen molar-refractivity contribution >= 4 is 11.9 Å². The van der Waals surface area contributed by atoms with Gasteiger partial charge in [0.2, 0.25) is 0 Å². The Labute approximate surface area is 495 Å². The molecule has 0 radical (unpaired) electrons. The Morgan fingerprint density at radius 2 is 0.894 bits per heavy atom. The van der Waals surface area contributed by atoms with Gasteiger partial charge in [0, 0.05) is 47.2 Å². The summed E-state index contributed by atoms with van der Waals surface area (Å²) >= 11 is 0. The minimum atomic E-state index is -0.456. The summed E-state index contributed by atoms with van der Waals surface area (Å²) in [6, 6.07) is 43.0. The number of hydrogen-bond donors (Lipinski definition) is 3. The Bertz CT molecular complexity index is 3560. The summed E-state index contributed by atoms with van der Waals surface area (Å²) < 4.78 is 53.2. The first kappa shape index (κ1) is 61.2. The summed E-state index contributed by atoms with van der Waals surface area (Å²) in [7, 11) is 2.70. The number of phenolic OH excluding ortho intramolecular Hbond substituents is 1. The van der Waals surface area contributed by atoms with Crippen LogP contribution >= 0.6 is 0 Å². The lowest BCUT2D eigenvalue weighted by atomic mass is 10.0. The van der Waals surface area contributed by atoms with Crippen LogP contribution in [0, 0.1) is 0 Å². The van der Waals surface area contributed by atoms with E-state index in [1.54, 1.807) is 54.9 Å². The highest BCUT2D eigenvalue weighted by Crippen LogP contribution is 2.39. The van der Waals surface area contributed by atoms with Crippen LogP contribution in [0.4, 0.5) is 0 Å². The number of carbonyl (C=O) groups excluding carboxylic acids is 2. The van der Waals surface area contributed by atoms with Crippen LogP contribution in [0.25, 0.3) is 22.5 Å². The molecule has 0 amide bonds. The van der Waals surface area contributed by atoms with Crippen LogP contribution < -0.4 is 33.2 Å². The second-order valence-corrected chi connectivity index (χ2v) is 19.4. The summed E-state index contributed by atoms with van der Waals surface area (Å²) in [5.41, 5.74) is 8.44. The van der Waals surface area contributed by atoms with Crippen LogP contribution in [0.1, 0.15) is 102 Å². The molecule has 2 heterocycles. The lowest BCUT2D eigenvalue weighted by Crippen LogP contribution is -2.08. The van der Waals surface area contributed by atoms with E-state index < -0.39 is 11.9 Å². The summed E-state index contributed by atoms with van der Waals surface area (Å²) in [5, 5.41) is 31.9. The monoisotopic (exact) mass is 1150 g/mol. The van der Waals surface area contributed by atoms with Gasteiger partial charge >= 0.3 is 11.9 Å². The lowest BCUT2D eigenvalue weighted by Gasteiger charge is -2.18. The van der Waals surface area contributed by atoms with E-state index in [1.165, 1.54) is 14.2 Å². The molecule has 442 valence electrons. The van der Waals surface area contributed by atoms with E-state index in [4.69, 9.17) is 42.6 Å². The number of aromatic nitrogens is 6. The number of hydrogen-bond acceptors (Lipinski definition) is 16. The zero-order valence-electron chi connectivity index (χ0n) is 48.9. The molecule has 0 atom stereocenters. The van der Waals surface area contributed by atoms with Gasteiger partial charge in [-0.2, -0.15) is 30.8 Å². The van der Waals surface area contributed by atoms with E-state index in [0.717, 1.165) is 89.2 Å². The number of nitrogens with zero attached hydrogens (tertiary/aromatic N) is 4. The van der Waals surface area contributed by atoms with Crippen molar-refractivity contribution in [3.05, 3.63) is 191 Å². The fourth-order valence-corrected chi connectivity index (χ4v) is 9.26. The molecule has 18 heteroatoms. The van der Waals surface area contributed by atoms with Crippen molar-refractivity contribution in [2.75, 3.05) is 40.6 Å². The maximum Gasteiger partial charge on any atom is 0.341 e. The van der Waals surface area contributed by atoms with Crippen molar-refractivity contribution in [2.24, 2.45) is 0 Å². The Kier molecular flexibility index (Phi) is 22.7. The fraction of sp³-hybridized carbons (Fsp3) is 0.284. The topological polar surface area (TPSA) is 221 Å². The van der Waals surface area contributed by atoms with E-state index in [1.807, 2.05) is 97.9 Å². The molecule has 85 heavy (non-hydrogen) atoms. The third-order valence-electron chi connectivity index (χ3n) is 13.5. The number of methoxy groups -OCH3 is 2. The molecular weight excluding hydrogens is 1080 g/mol. The predicted molar refractivity (Wildman–Crippen MR) is 323 cm³/mol. The average Bonchev–Trinajstić information content (AvgIpc) is 4.42. The van der Waals surface area contributed by atoms with Crippen molar-refractivity contribution in [3.8, 4) is 80.0 Å². The maximum atomic E-state index is 12.3. The smallest absolute Gasteiger partial charge is 0.341 e. The molecule has 0 saturated carbocycles. The van der Waals surface area contributed by atoms with Crippen LogP contribution in [-0.2, 0) is 41.8 Å². The molecule has 9 rings (SSSR count). The van der Waals surface area contributed by atoms with Gasteiger partial charge in [0.1, 0.15) is 86.6 Å².